The lowest BCUT2D eigenvalue weighted by molar-refractivity contribution is -0.167. The zero-order valence-electron chi connectivity index (χ0n) is 47.3. The third-order valence-corrected chi connectivity index (χ3v) is 11.7. The van der Waals surface area contributed by atoms with E-state index < -0.39 is 6.10 Å². The van der Waals surface area contributed by atoms with Crippen LogP contribution >= 0.6 is 0 Å². The van der Waals surface area contributed by atoms with Crippen molar-refractivity contribution in [1.29, 1.82) is 0 Å². The van der Waals surface area contributed by atoms with Gasteiger partial charge in [-0.2, -0.15) is 0 Å². The van der Waals surface area contributed by atoms with Crippen LogP contribution < -0.4 is 0 Å². The first-order valence-electron chi connectivity index (χ1n) is 29.5. The van der Waals surface area contributed by atoms with Crippen LogP contribution in [0.3, 0.4) is 0 Å². The van der Waals surface area contributed by atoms with Crippen LogP contribution in [0.1, 0.15) is 233 Å². The Morgan fingerprint density at radius 1 is 0.284 bits per heavy atom. The van der Waals surface area contributed by atoms with Gasteiger partial charge in [-0.3, -0.25) is 14.4 Å². The maximum absolute atomic E-state index is 12.8. The molecule has 0 heterocycles. The van der Waals surface area contributed by atoms with Crippen molar-refractivity contribution < 1.29 is 28.6 Å². The Bertz CT molecular complexity index is 1690. The highest BCUT2D eigenvalue weighted by Gasteiger charge is 2.19. The first kappa shape index (κ1) is 69.0. The lowest BCUT2D eigenvalue weighted by Crippen LogP contribution is -2.30. The van der Waals surface area contributed by atoms with E-state index in [9.17, 15) is 14.4 Å². The van der Waals surface area contributed by atoms with Crippen LogP contribution in [0.2, 0.25) is 0 Å². The molecule has 0 rings (SSSR count). The molecule has 0 amide bonds. The van der Waals surface area contributed by atoms with Gasteiger partial charge in [0.2, 0.25) is 0 Å². The van der Waals surface area contributed by atoms with Gasteiger partial charge in [-0.05, 0) is 148 Å². The normalized spacial score (nSPS) is 13.3. The second-order valence-corrected chi connectivity index (χ2v) is 18.8. The van der Waals surface area contributed by atoms with Crippen LogP contribution in [-0.4, -0.2) is 37.2 Å². The molecule has 74 heavy (non-hydrogen) atoms. The lowest BCUT2D eigenvalue weighted by atomic mass is 10.1. The summed E-state index contributed by atoms with van der Waals surface area (Å²) in [5.41, 5.74) is 0. The van der Waals surface area contributed by atoms with Gasteiger partial charge in [0.1, 0.15) is 13.2 Å². The molecule has 414 valence electrons. The standard InChI is InChI=1S/C68H106O6/c1-4-7-10-13-16-19-22-25-26-27-28-29-30-31-32-33-34-35-36-37-38-39-40-41-42-44-46-49-52-55-58-61-67(70)73-64-65(63-72-66(69)60-57-54-51-48-45-24-21-18-15-12-9-6-3)74-68(71)62-59-56-53-50-47-43-23-20-17-14-11-8-5-2/h7-8,10-11,16-21,25-26,28-29,31-32,34-35,37-38,40-41,43-44,46-47,65H,4-6,9,12-15,22-24,27,30,33,36,39,42,45,48-64H2,1-3H3/b10-7-,11-8-,19-16-,20-17-,21-18-,26-25-,29-28-,32-31-,35-34-,38-37-,41-40-,46-44-,47-43-. The van der Waals surface area contributed by atoms with Gasteiger partial charge in [0.05, 0.1) is 0 Å². The third-order valence-electron chi connectivity index (χ3n) is 11.7. The molecule has 0 N–H and O–H groups in total. The highest BCUT2D eigenvalue weighted by atomic mass is 16.6. The maximum Gasteiger partial charge on any atom is 0.306 e. The minimum Gasteiger partial charge on any atom is -0.462 e. The van der Waals surface area contributed by atoms with E-state index in [4.69, 9.17) is 14.2 Å². The van der Waals surface area contributed by atoms with E-state index in [-0.39, 0.29) is 37.5 Å². The first-order valence-corrected chi connectivity index (χ1v) is 29.5. The molecular weight excluding hydrogens is 913 g/mol. The van der Waals surface area contributed by atoms with Crippen molar-refractivity contribution in [2.45, 2.75) is 239 Å². The van der Waals surface area contributed by atoms with Crippen LogP contribution in [0.4, 0.5) is 0 Å². The molecule has 0 aromatic heterocycles. The van der Waals surface area contributed by atoms with Gasteiger partial charge in [0.15, 0.2) is 6.10 Å². The molecule has 0 aliphatic heterocycles. The molecule has 0 saturated heterocycles. The van der Waals surface area contributed by atoms with Gasteiger partial charge in [-0.25, -0.2) is 0 Å². The van der Waals surface area contributed by atoms with Gasteiger partial charge >= 0.3 is 17.9 Å². The summed E-state index contributed by atoms with van der Waals surface area (Å²) in [5, 5.41) is 0. The molecule has 0 saturated carbocycles. The molecule has 0 bridgehead atoms. The van der Waals surface area contributed by atoms with E-state index >= 15 is 0 Å². The number of ether oxygens (including phenoxy) is 3. The Hall–Kier alpha value is -4.97. The summed E-state index contributed by atoms with van der Waals surface area (Å²) in [6, 6.07) is 0. The fourth-order valence-electron chi connectivity index (χ4n) is 7.38. The predicted molar refractivity (Wildman–Crippen MR) is 320 cm³/mol. The van der Waals surface area contributed by atoms with E-state index in [0.29, 0.717) is 19.3 Å². The molecule has 6 nitrogen and oxygen atoms in total. The monoisotopic (exact) mass is 1020 g/mol. The number of hydrogen-bond donors (Lipinski definition) is 0. The van der Waals surface area contributed by atoms with Crippen LogP contribution in [0, 0.1) is 0 Å². The summed E-state index contributed by atoms with van der Waals surface area (Å²) in [6.07, 6.45) is 88.2. The highest BCUT2D eigenvalue weighted by Crippen LogP contribution is 2.12. The van der Waals surface area contributed by atoms with Gasteiger partial charge in [0, 0.05) is 19.3 Å². The average Bonchev–Trinajstić information content (AvgIpc) is 3.40. The quantitative estimate of drug-likeness (QED) is 0.0261. The van der Waals surface area contributed by atoms with Crippen molar-refractivity contribution in [2.75, 3.05) is 13.2 Å². The number of allylic oxidation sites excluding steroid dienone is 26. The molecule has 0 aromatic carbocycles. The smallest absolute Gasteiger partial charge is 0.306 e. The van der Waals surface area contributed by atoms with E-state index in [1.165, 1.54) is 32.1 Å². The summed E-state index contributed by atoms with van der Waals surface area (Å²) in [6.45, 7) is 6.30. The zero-order valence-corrected chi connectivity index (χ0v) is 47.3. The summed E-state index contributed by atoms with van der Waals surface area (Å²) in [5.74, 6) is -0.994. The van der Waals surface area contributed by atoms with Crippen LogP contribution in [0.15, 0.2) is 158 Å². The molecule has 0 fully saturated rings. The Morgan fingerprint density at radius 3 is 0.851 bits per heavy atom. The maximum atomic E-state index is 12.8. The summed E-state index contributed by atoms with van der Waals surface area (Å²) >= 11 is 0. The van der Waals surface area contributed by atoms with E-state index in [0.717, 1.165) is 154 Å². The Labute approximate surface area is 454 Å². The van der Waals surface area contributed by atoms with Crippen molar-refractivity contribution >= 4 is 17.9 Å². The number of esters is 3. The van der Waals surface area contributed by atoms with Gasteiger partial charge in [0.25, 0.3) is 0 Å². The third kappa shape index (κ3) is 57.9. The van der Waals surface area contributed by atoms with Crippen molar-refractivity contribution in [3.8, 4) is 0 Å². The largest absolute Gasteiger partial charge is 0.462 e. The number of rotatable bonds is 51. The van der Waals surface area contributed by atoms with Crippen molar-refractivity contribution in [2.24, 2.45) is 0 Å². The van der Waals surface area contributed by atoms with Gasteiger partial charge in [-0.15, -0.1) is 0 Å². The van der Waals surface area contributed by atoms with Crippen molar-refractivity contribution in [3.05, 3.63) is 158 Å². The molecule has 0 aromatic rings. The number of unbranched alkanes of at least 4 members (excludes halogenated alkanes) is 14. The molecule has 1 atom stereocenters. The van der Waals surface area contributed by atoms with Gasteiger partial charge in [-0.1, -0.05) is 224 Å². The predicted octanol–water partition coefficient (Wildman–Crippen LogP) is 20.1. The van der Waals surface area contributed by atoms with Crippen LogP contribution in [-0.2, 0) is 28.6 Å². The van der Waals surface area contributed by atoms with Crippen LogP contribution in [0.5, 0.6) is 0 Å². The minimum atomic E-state index is -0.817. The minimum absolute atomic E-state index is 0.111. The molecular formula is C68H106O6. The van der Waals surface area contributed by atoms with Crippen molar-refractivity contribution in [1.82, 2.24) is 0 Å². The average molecular weight is 1020 g/mol. The SMILES string of the molecule is CC/C=C\C/C=C\C/C=C\C/C=C\C/C=C\C/C=C\C/C=C\C/C=C\C/C=C\CCCCCC(=O)OCC(COC(=O)CCCCCCC/C=C\CCCCC)OC(=O)CCCCC/C=C\C/C=C\C/C=C\CC. The van der Waals surface area contributed by atoms with Gasteiger partial charge < -0.3 is 14.2 Å². The van der Waals surface area contributed by atoms with Crippen LogP contribution in [0.25, 0.3) is 0 Å². The fourth-order valence-corrected chi connectivity index (χ4v) is 7.38. The molecule has 0 radical (unpaired) electrons. The Kier molecular flexibility index (Phi) is 56.5. The number of carbonyl (C=O) groups is 3. The Balaban J connectivity index is 4.38. The topological polar surface area (TPSA) is 78.9 Å². The second-order valence-electron chi connectivity index (χ2n) is 18.8. The Morgan fingerprint density at radius 2 is 0.527 bits per heavy atom. The molecule has 1 unspecified atom stereocenters. The van der Waals surface area contributed by atoms with Crippen molar-refractivity contribution in [3.63, 3.8) is 0 Å². The highest BCUT2D eigenvalue weighted by molar-refractivity contribution is 5.71. The molecule has 0 aliphatic rings. The van der Waals surface area contributed by atoms with E-state index in [1.54, 1.807) is 0 Å². The number of hydrogen-bond acceptors (Lipinski definition) is 6. The fraction of sp³-hybridized carbons (Fsp3) is 0.574. The molecule has 0 aliphatic carbocycles. The van der Waals surface area contributed by atoms with E-state index in [1.807, 2.05) is 0 Å². The summed E-state index contributed by atoms with van der Waals surface area (Å²) in [4.78, 5) is 38.1. The zero-order chi connectivity index (χ0) is 53.6. The summed E-state index contributed by atoms with van der Waals surface area (Å²) < 4.78 is 16.8. The first-order chi connectivity index (χ1) is 36.5. The lowest BCUT2D eigenvalue weighted by Gasteiger charge is -2.18. The molecule has 6 heteroatoms. The molecule has 0 spiro atoms. The van der Waals surface area contributed by atoms with E-state index in [2.05, 4.69) is 179 Å². The number of carbonyl (C=O) groups excluding carboxylic acids is 3. The summed E-state index contributed by atoms with van der Waals surface area (Å²) in [7, 11) is 0. The second kappa shape index (κ2) is 60.6.